The number of hydrogen-bond acceptors (Lipinski definition) is 9. The number of H-pyrrole nitrogens is 1. The van der Waals surface area contributed by atoms with Crippen LogP contribution in [0.5, 0.6) is 5.75 Å². The Balaban J connectivity index is 1.18. The van der Waals surface area contributed by atoms with Crippen molar-refractivity contribution in [2.45, 2.75) is 122 Å². The summed E-state index contributed by atoms with van der Waals surface area (Å²) in [6.07, 6.45) is -1.27. The van der Waals surface area contributed by atoms with Gasteiger partial charge in [-0.3, -0.25) is 9.59 Å². The molecule has 334 valence electrons. The summed E-state index contributed by atoms with van der Waals surface area (Å²) in [5.74, 6) is 0.642. The third kappa shape index (κ3) is 6.09. The second kappa shape index (κ2) is 15.3. The number of amides is 2. The molecule has 0 fully saturated rings. The van der Waals surface area contributed by atoms with Gasteiger partial charge in [-0.05, 0) is 51.7 Å². The van der Waals surface area contributed by atoms with E-state index in [1.807, 2.05) is 58.0 Å². The number of rotatable bonds is 9. The fourth-order valence-corrected chi connectivity index (χ4v) is 17.5. The number of aromatic nitrogens is 3. The number of aromatic amines is 1. The molecule has 2 unspecified atom stereocenters. The Morgan fingerprint density at radius 3 is 2.31 bits per heavy atom. The van der Waals surface area contributed by atoms with E-state index < -0.39 is 38.1 Å². The molecule has 5 atom stereocenters. The first kappa shape index (κ1) is 42.8. The van der Waals surface area contributed by atoms with Crippen LogP contribution in [0.1, 0.15) is 104 Å². The maximum atomic E-state index is 14.8. The van der Waals surface area contributed by atoms with Crippen LogP contribution in [0, 0.1) is 11.8 Å². The molecular formula is C49H54Cl2N6O6Si. The van der Waals surface area contributed by atoms with Gasteiger partial charge in [0, 0.05) is 39.7 Å². The van der Waals surface area contributed by atoms with E-state index in [2.05, 4.69) is 86.7 Å². The standard InChI is InChI=1S/C49H54Cl2N6O6Si/c1-21(2)36-46-55-38-41(62-46)49-29-15-11-14-28(27-13-12-16-31-34(27)35(42(50)52-31)40-43(51)57-47(38)61-40)37(29)56-48(49)60-33-18-17-26(19-30(33)49)20-32(44(58)54-36)53-45(59)39(22(3)4)63-64(23(5)6,24(7)8)25(9)10/h11-19,21-25,32,36,39,48,52,56H,20H2,1-10H3,(H,53,59)(H,54,58)/t32-,36?,39-,48?,49-/m0/s1. The molecule has 0 saturated heterocycles. The van der Waals surface area contributed by atoms with Crippen LogP contribution in [0.2, 0.25) is 26.9 Å². The Bertz CT molecular complexity index is 2860. The number of carbonyl (C=O) groups excluding carboxylic acids is 2. The van der Waals surface area contributed by atoms with Crippen molar-refractivity contribution in [3.05, 3.63) is 93.2 Å². The number of anilines is 1. The van der Waals surface area contributed by atoms with Gasteiger partial charge in [0.1, 0.15) is 34.5 Å². The maximum Gasteiger partial charge on any atom is 0.250 e. The summed E-state index contributed by atoms with van der Waals surface area (Å²) in [6.45, 7) is 21.2. The van der Waals surface area contributed by atoms with Crippen molar-refractivity contribution < 1.29 is 27.6 Å². The third-order valence-electron chi connectivity index (χ3n) is 14.2. The molecule has 1 spiro atoms. The van der Waals surface area contributed by atoms with E-state index in [0.717, 1.165) is 44.4 Å². The summed E-state index contributed by atoms with van der Waals surface area (Å²) in [5.41, 5.74) is 6.50. The van der Waals surface area contributed by atoms with E-state index in [1.54, 1.807) is 0 Å². The molecule has 15 heteroatoms. The van der Waals surface area contributed by atoms with Crippen molar-refractivity contribution in [1.82, 2.24) is 25.6 Å². The number of fused-ring (bicyclic) bond motifs is 7. The van der Waals surface area contributed by atoms with Crippen LogP contribution in [0.4, 0.5) is 5.69 Å². The number of benzene rings is 3. The molecule has 6 aromatic rings. The molecule has 12 nitrogen and oxygen atoms in total. The number of oxazole rings is 2. The van der Waals surface area contributed by atoms with Crippen molar-refractivity contribution in [2.75, 3.05) is 5.32 Å². The SMILES string of the molecule is CC(C)C1NC(=O)[C@@H](NC(=O)[C@@H](O[Si](C(C)C)(C(C)C)C(C)C)C(C)C)Cc2ccc3c(c2)[C@]24c5cccc(c5NC2O3)-c2cccc3[nH]c(Cl)c(c23)-c2oc(nc2Cl)-c2nc1oc24. The fraction of sp³-hybridized carbons (Fsp3) is 0.429. The first-order chi connectivity index (χ1) is 30.5. The summed E-state index contributed by atoms with van der Waals surface area (Å²) in [7, 11) is -2.50. The Morgan fingerprint density at radius 2 is 1.61 bits per heavy atom. The van der Waals surface area contributed by atoms with Gasteiger partial charge in [-0.15, -0.1) is 0 Å². The summed E-state index contributed by atoms with van der Waals surface area (Å²) in [5, 5.41) is 11.5. The maximum absolute atomic E-state index is 14.8. The molecule has 7 heterocycles. The van der Waals surface area contributed by atoms with Gasteiger partial charge in [-0.1, -0.05) is 135 Å². The number of halogens is 2. The highest BCUT2D eigenvalue weighted by Crippen LogP contribution is 2.62. The number of nitrogens with zero attached hydrogens (tertiary/aromatic N) is 2. The molecular weight excluding hydrogens is 868 g/mol. The molecule has 4 N–H and O–H groups in total. The van der Waals surface area contributed by atoms with Gasteiger partial charge in [-0.2, -0.15) is 4.98 Å². The molecule has 2 amide bonds. The first-order valence-corrected chi connectivity index (χ1v) is 25.3. The lowest BCUT2D eigenvalue weighted by Crippen LogP contribution is -2.57. The molecule has 3 aromatic heterocycles. The fourth-order valence-electron chi connectivity index (χ4n) is 11.3. The number of nitrogens with one attached hydrogen (secondary N) is 4. The van der Waals surface area contributed by atoms with Crippen molar-refractivity contribution >= 4 is 59.9 Å². The Morgan fingerprint density at radius 1 is 0.891 bits per heavy atom. The number of carbonyl (C=O) groups is 2. The second-order valence-electron chi connectivity index (χ2n) is 19.5. The van der Waals surface area contributed by atoms with Crippen molar-refractivity contribution in [1.29, 1.82) is 0 Å². The zero-order valence-corrected chi connectivity index (χ0v) is 40.2. The molecule has 10 rings (SSSR count). The minimum Gasteiger partial charge on any atom is -0.469 e. The van der Waals surface area contributed by atoms with Crippen LogP contribution in [-0.2, 0) is 25.9 Å². The summed E-state index contributed by atoms with van der Waals surface area (Å²) in [6, 6.07) is 16.4. The van der Waals surface area contributed by atoms with E-state index in [1.165, 1.54) is 0 Å². The molecule has 0 radical (unpaired) electrons. The Hall–Kier alpha value is -5.08. The van der Waals surface area contributed by atoms with Crippen LogP contribution < -0.4 is 20.7 Å². The van der Waals surface area contributed by atoms with Crippen LogP contribution >= 0.6 is 23.2 Å². The second-order valence-corrected chi connectivity index (χ2v) is 25.7. The third-order valence-corrected chi connectivity index (χ3v) is 20.8. The molecule has 10 bridgehead atoms. The van der Waals surface area contributed by atoms with Crippen LogP contribution in [-0.4, -0.2) is 53.5 Å². The van der Waals surface area contributed by atoms with Crippen molar-refractivity contribution in [3.8, 4) is 39.8 Å². The molecule has 0 saturated carbocycles. The lowest BCUT2D eigenvalue weighted by atomic mass is 9.72. The monoisotopic (exact) mass is 920 g/mol. The van der Waals surface area contributed by atoms with E-state index >= 15 is 0 Å². The highest BCUT2D eigenvalue weighted by Gasteiger charge is 2.62. The summed E-state index contributed by atoms with van der Waals surface area (Å²) in [4.78, 5) is 42.9. The van der Waals surface area contributed by atoms with Crippen LogP contribution in [0.15, 0.2) is 63.4 Å². The van der Waals surface area contributed by atoms with E-state index in [9.17, 15) is 9.59 Å². The van der Waals surface area contributed by atoms with E-state index in [-0.39, 0.29) is 69.4 Å². The molecule has 3 aromatic carbocycles. The van der Waals surface area contributed by atoms with Crippen LogP contribution in [0.25, 0.3) is 44.9 Å². The lowest BCUT2D eigenvalue weighted by molar-refractivity contribution is -0.135. The van der Waals surface area contributed by atoms with Gasteiger partial charge in [-0.25, -0.2) is 4.98 Å². The quantitative estimate of drug-likeness (QED) is 0.104. The van der Waals surface area contributed by atoms with Gasteiger partial charge in [0.25, 0.3) is 5.89 Å². The number of ether oxygens (including phenoxy) is 1. The summed E-state index contributed by atoms with van der Waals surface area (Å²) < 4.78 is 27.9. The van der Waals surface area contributed by atoms with Gasteiger partial charge in [0.2, 0.25) is 26.0 Å². The minimum atomic E-state index is -2.50. The van der Waals surface area contributed by atoms with Gasteiger partial charge < -0.3 is 38.9 Å². The van der Waals surface area contributed by atoms with Crippen LogP contribution in [0.3, 0.4) is 0 Å². The summed E-state index contributed by atoms with van der Waals surface area (Å²) >= 11 is 14.0. The first-order valence-electron chi connectivity index (χ1n) is 22.4. The van der Waals surface area contributed by atoms with Crippen molar-refractivity contribution in [3.63, 3.8) is 0 Å². The number of para-hydroxylation sites is 1. The Kier molecular flexibility index (Phi) is 10.2. The van der Waals surface area contributed by atoms with E-state index in [0.29, 0.717) is 27.9 Å². The highest BCUT2D eigenvalue weighted by molar-refractivity contribution is 6.77. The zero-order chi connectivity index (χ0) is 45.3. The molecule has 4 aliphatic rings. The molecule has 64 heavy (non-hydrogen) atoms. The predicted molar refractivity (Wildman–Crippen MR) is 251 cm³/mol. The Labute approximate surface area is 383 Å². The normalized spacial score (nSPS) is 21.2. The predicted octanol–water partition coefficient (Wildman–Crippen LogP) is 11.3. The lowest BCUT2D eigenvalue weighted by Gasteiger charge is -2.45. The highest BCUT2D eigenvalue weighted by atomic mass is 35.5. The zero-order valence-electron chi connectivity index (χ0n) is 37.7. The molecule has 4 aliphatic heterocycles. The van der Waals surface area contributed by atoms with E-state index in [4.69, 9.17) is 51.2 Å². The smallest absolute Gasteiger partial charge is 0.250 e. The van der Waals surface area contributed by atoms with Gasteiger partial charge >= 0.3 is 0 Å². The minimum absolute atomic E-state index is 0.101. The van der Waals surface area contributed by atoms with Gasteiger partial charge in [0.05, 0.1) is 5.56 Å². The largest absolute Gasteiger partial charge is 0.469 e. The number of hydrogen-bond donors (Lipinski definition) is 4. The average molecular weight is 922 g/mol. The van der Waals surface area contributed by atoms with Crippen molar-refractivity contribution in [2.24, 2.45) is 11.8 Å². The molecule has 0 aliphatic carbocycles. The van der Waals surface area contributed by atoms with Gasteiger partial charge in [0.15, 0.2) is 28.6 Å². The average Bonchev–Trinajstić information content (AvgIpc) is 4.04. The topological polar surface area (TPSA) is 157 Å².